The third kappa shape index (κ3) is 4.46. The molecular weight excluding hydrogens is 336 g/mol. The molecule has 1 aromatic carbocycles. The largest absolute Gasteiger partial charge is 0.369 e. The number of anilines is 1. The fourth-order valence-corrected chi connectivity index (χ4v) is 4.05. The van der Waals surface area contributed by atoms with Crippen LogP contribution in [0.25, 0.3) is 0 Å². The molecule has 1 amide bonds. The summed E-state index contributed by atoms with van der Waals surface area (Å²) in [5.41, 5.74) is 6.41. The van der Waals surface area contributed by atoms with Gasteiger partial charge < -0.3 is 15.5 Å². The first-order valence-electron chi connectivity index (χ1n) is 9.17. The van der Waals surface area contributed by atoms with E-state index in [2.05, 4.69) is 15.9 Å². The summed E-state index contributed by atoms with van der Waals surface area (Å²) in [6, 6.07) is 8.51. The lowest BCUT2D eigenvalue weighted by molar-refractivity contribution is -0.138. The molecular formula is C19H29ClN4O. The molecule has 3 rings (SSSR count). The second-order valence-corrected chi connectivity index (χ2v) is 8.21. The van der Waals surface area contributed by atoms with Crippen molar-refractivity contribution in [2.24, 2.45) is 5.73 Å². The van der Waals surface area contributed by atoms with Crippen LogP contribution in [0, 0.1) is 0 Å². The summed E-state index contributed by atoms with van der Waals surface area (Å²) in [7, 11) is 0. The third-order valence-corrected chi connectivity index (χ3v) is 5.47. The Hall–Kier alpha value is -1.30. The maximum absolute atomic E-state index is 12.5. The van der Waals surface area contributed by atoms with Crippen molar-refractivity contribution < 1.29 is 4.79 Å². The number of nitrogens with two attached hydrogens (primary N) is 1. The molecule has 0 saturated carbocycles. The maximum atomic E-state index is 12.5. The molecule has 138 valence electrons. The van der Waals surface area contributed by atoms with E-state index >= 15 is 0 Å². The highest BCUT2D eigenvalue weighted by Gasteiger charge is 2.34. The molecule has 1 atom stereocenters. The number of amides is 1. The number of nitrogens with zero attached hydrogens (tertiary/aromatic N) is 3. The molecule has 0 unspecified atom stereocenters. The quantitative estimate of drug-likeness (QED) is 0.893. The van der Waals surface area contributed by atoms with Gasteiger partial charge in [0.1, 0.15) is 0 Å². The summed E-state index contributed by atoms with van der Waals surface area (Å²) in [5.74, 6) is 0.0646. The second-order valence-electron chi connectivity index (χ2n) is 7.77. The molecule has 25 heavy (non-hydrogen) atoms. The molecule has 0 aliphatic carbocycles. The zero-order valence-corrected chi connectivity index (χ0v) is 16.0. The highest BCUT2D eigenvalue weighted by atomic mass is 35.5. The minimum absolute atomic E-state index is 0.0646. The van der Waals surface area contributed by atoms with Crippen molar-refractivity contribution in [2.45, 2.75) is 38.3 Å². The molecule has 0 radical (unpaired) electrons. The summed E-state index contributed by atoms with van der Waals surface area (Å²) in [5, 5.41) is 0.783. The summed E-state index contributed by atoms with van der Waals surface area (Å²) in [6.45, 7) is 9.25. The van der Waals surface area contributed by atoms with Gasteiger partial charge in [0.05, 0.1) is 5.54 Å². The summed E-state index contributed by atoms with van der Waals surface area (Å²) < 4.78 is 0. The SMILES string of the molecule is CC(C)(N)C(=O)N1CCC[C@@H](N2CCN(c3cccc(Cl)c3)CC2)C1. The van der Waals surface area contributed by atoms with Crippen LogP contribution in [0.5, 0.6) is 0 Å². The number of rotatable bonds is 3. The van der Waals surface area contributed by atoms with Crippen LogP contribution in [0.2, 0.25) is 5.02 Å². The average Bonchev–Trinajstić information content (AvgIpc) is 2.60. The van der Waals surface area contributed by atoms with Crippen molar-refractivity contribution in [3.05, 3.63) is 29.3 Å². The van der Waals surface area contributed by atoms with Gasteiger partial charge in [-0.15, -0.1) is 0 Å². The molecule has 2 heterocycles. The molecule has 2 fully saturated rings. The van der Waals surface area contributed by atoms with E-state index in [1.165, 1.54) is 5.69 Å². The predicted molar refractivity (Wildman–Crippen MR) is 103 cm³/mol. The van der Waals surface area contributed by atoms with Gasteiger partial charge in [0.25, 0.3) is 0 Å². The molecule has 0 bridgehead atoms. The van der Waals surface area contributed by atoms with Gasteiger partial charge in [-0.25, -0.2) is 0 Å². The van der Waals surface area contributed by atoms with E-state index in [1.54, 1.807) is 13.8 Å². The Balaban J connectivity index is 1.56. The zero-order chi connectivity index (χ0) is 18.0. The van der Waals surface area contributed by atoms with Crippen LogP contribution in [0.4, 0.5) is 5.69 Å². The fraction of sp³-hybridized carbons (Fsp3) is 0.632. The molecule has 0 spiro atoms. The van der Waals surface area contributed by atoms with Crippen molar-refractivity contribution in [1.29, 1.82) is 0 Å². The van der Waals surface area contributed by atoms with Crippen LogP contribution in [-0.4, -0.2) is 66.6 Å². The molecule has 5 nitrogen and oxygen atoms in total. The number of carbonyl (C=O) groups excluding carboxylic acids is 1. The summed E-state index contributed by atoms with van der Waals surface area (Å²) >= 11 is 6.11. The molecule has 0 aromatic heterocycles. The normalized spacial score (nSPS) is 23.0. The van der Waals surface area contributed by atoms with Gasteiger partial charge in [-0.2, -0.15) is 0 Å². The van der Waals surface area contributed by atoms with Crippen LogP contribution in [0.15, 0.2) is 24.3 Å². The van der Waals surface area contributed by atoms with Gasteiger partial charge in [0, 0.05) is 56.0 Å². The Morgan fingerprint density at radius 1 is 1.20 bits per heavy atom. The lowest BCUT2D eigenvalue weighted by Crippen LogP contribution is -2.59. The number of likely N-dealkylation sites (tertiary alicyclic amines) is 1. The molecule has 2 N–H and O–H groups in total. The van der Waals surface area contributed by atoms with Crippen molar-refractivity contribution >= 4 is 23.2 Å². The van der Waals surface area contributed by atoms with Crippen LogP contribution in [0.3, 0.4) is 0 Å². The van der Waals surface area contributed by atoms with Gasteiger partial charge in [-0.1, -0.05) is 17.7 Å². The predicted octanol–water partition coefficient (Wildman–Crippen LogP) is 2.19. The van der Waals surface area contributed by atoms with E-state index in [4.69, 9.17) is 17.3 Å². The van der Waals surface area contributed by atoms with Crippen molar-refractivity contribution in [3.63, 3.8) is 0 Å². The van der Waals surface area contributed by atoms with Gasteiger partial charge >= 0.3 is 0 Å². The van der Waals surface area contributed by atoms with Gasteiger partial charge in [0.2, 0.25) is 5.91 Å². The smallest absolute Gasteiger partial charge is 0.242 e. The monoisotopic (exact) mass is 364 g/mol. The fourth-order valence-electron chi connectivity index (χ4n) is 3.86. The Bertz CT molecular complexity index is 608. The summed E-state index contributed by atoms with van der Waals surface area (Å²) in [4.78, 5) is 19.4. The topological polar surface area (TPSA) is 52.8 Å². The van der Waals surface area contributed by atoms with Crippen LogP contribution in [0.1, 0.15) is 26.7 Å². The zero-order valence-electron chi connectivity index (χ0n) is 15.2. The third-order valence-electron chi connectivity index (χ3n) is 5.24. The number of piperidine rings is 1. The first-order valence-corrected chi connectivity index (χ1v) is 9.55. The summed E-state index contributed by atoms with van der Waals surface area (Å²) in [6.07, 6.45) is 2.22. The Morgan fingerprint density at radius 3 is 2.56 bits per heavy atom. The van der Waals surface area contributed by atoms with E-state index in [-0.39, 0.29) is 5.91 Å². The van der Waals surface area contributed by atoms with Crippen molar-refractivity contribution in [3.8, 4) is 0 Å². The Morgan fingerprint density at radius 2 is 1.92 bits per heavy atom. The van der Waals surface area contributed by atoms with Crippen molar-refractivity contribution in [2.75, 3.05) is 44.2 Å². The standard InChI is InChI=1S/C19H29ClN4O/c1-19(2,21)18(25)24-8-4-7-17(14-24)23-11-9-22(10-12-23)16-6-3-5-15(20)13-16/h3,5-6,13,17H,4,7-12,14,21H2,1-2H3/t17-/m1/s1. The first-order chi connectivity index (χ1) is 11.8. The van der Waals surface area contributed by atoms with Gasteiger partial charge in [-0.05, 0) is 44.9 Å². The minimum atomic E-state index is -0.785. The number of piperazine rings is 1. The van der Waals surface area contributed by atoms with E-state index in [0.717, 1.165) is 57.1 Å². The van der Waals surface area contributed by atoms with Crippen molar-refractivity contribution in [1.82, 2.24) is 9.80 Å². The Kier molecular flexibility index (Phi) is 5.56. The maximum Gasteiger partial charge on any atom is 0.242 e. The molecule has 1 aromatic rings. The molecule has 2 saturated heterocycles. The molecule has 6 heteroatoms. The highest BCUT2D eigenvalue weighted by molar-refractivity contribution is 6.30. The number of hydrogen-bond donors (Lipinski definition) is 1. The molecule has 2 aliphatic heterocycles. The van der Waals surface area contributed by atoms with E-state index in [9.17, 15) is 4.79 Å². The van der Waals surface area contributed by atoms with E-state index < -0.39 is 5.54 Å². The van der Waals surface area contributed by atoms with E-state index in [1.807, 2.05) is 23.1 Å². The average molecular weight is 365 g/mol. The lowest BCUT2D eigenvalue weighted by Gasteiger charge is -2.44. The number of halogens is 1. The Labute approximate surface area is 155 Å². The highest BCUT2D eigenvalue weighted by Crippen LogP contribution is 2.23. The van der Waals surface area contributed by atoms with Gasteiger partial charge in [-0.3, -0.25) is 9.69 Å². The minimum Gasteiger partial charge on any atom is -0.369 e. The number of benzene rings is 1. The first kappa shape index (κ1) is 18.5. The van der Waals surface area contributed by atoms with Crippen LogP contribution < -0.4 is 10.6 Å². The second kappa shape index (κ2) is 7.52. The number of hydrogen-bond acceptors (Lipinski definition) is 4. The van der Waals surface area contributed by atoms with Gasteiger partial charge in [0.15, 0.2) is 0 Å². The van der Waals surface area contributed by atoms with E-state index in [0.29, 0.717) is 6.04 Å². The lowest BCUT2D eigenvalue weighted by atomic mass is 9.99. The van der Waals surface area contributed by atoms with Crippen LogP contribution >= 0.6 is 11.6 Å². The number of carbonyl (C=O) groups is 1. The molecule has 2 aliphatic rings. The van der Waals surface area contributed by atoms with Crippen LogP contribution in [-0.2, 0) is 4.79 Å².